The van der Waals surface area contributed by atoms with E-state index in [2.05, 4.69) is 15.0 Å². The van der Waals surface area contributed by atoms with Gasteiger partial charge in [0.05, 0.1) is 5.69 Å². The van der Waals surface area contributed by atoms with Crippen molar-refractivity contribution in [1.82, 2.24) is 4.98 Å². The highest BCUT2D eigenvalue weighted by Crippen LogP contribution is 2.16. The van der Waals surface area contributed by atoms with Crippen LogP contribution in [0.15, 0.2) is 42.7 Å². The van der Waals surface area contributed by atoms with Crippen LogP contribution in [-0.4, -0.2) is 13.4 Å². The van der Waals surface area contributed by atoms with Crippen LogP contribution in [-0.2, 0) is 16.8 Å². The molecule has 0 bridgehead atoms. The Morgan fingerprint density at radius 3 is 2.67 bits per heavy atom. The standard InChI is InChI=1S/C11H14N4O2S/c12-18(16,17)15-11-3-1-2-10(6-11)14-8-9-4-5-13-7-9/h1-7,13-15H,8H2,(H2,12,16,17). The molecule has 0 unspecified atom stereocenters. The molecule has 2 rings (SSSR count). The number of aromatic amines is 1. The van der Waals surface area contributed by atoms with Gasteiger partial charge in [-0.25, -0.2) is 5.14 Å². The fourth-order valence-corrected chi connectivity index (χ4v) is 1.98. The Morgan fingerprint density at radius 1 is 1.22 bits per heavy atom. The molecule has 0 atom stereocenters. The van der Waals surface area contributed by atoms with Gasteiger partial charge in [-0.15, -0.1) is 0 Å². The number of anilines is 2. The number of hydrogen-bond donors (Lipinski definition) is 4. The van der Waals surface area contributed by atoms with E-state index in [0.29, 0.717) is 12.2 Å². The van der Waals surface area contributed by atoms with E-state index in [1.54, 1.807) is 18.2 Å². The molecule has 6 nitrogen and oxygen atoms in total. The maximum Gasteiger partial charge on any atom is 0.296 e. The Morgan fingerprint density at radius 2 is 2.00 bits per heavy atom. The van der Waals surface area contributed by atoms with Gasteiger partial charge >= 0.3 is 0 Å². The topological polar surface area (TPSA) is 100 Å². The Kier molecular flexibility index (Phi) is 3.54. The average Bonchev–Trinajstić information content (AvgIpc) is 2.77. The molecule has 2 aromatic rings. The molecular formula is C11H14N4O2S. The summed E-state index contributed by atoms with van der Waals surface area (Å²) in [5.41, 5.74) is 2.35. The van der Waals surface area contributed by atoms with E-state index < -0.39 is 10.2 Å². The molecule has 0 aliphatic rings. The third-order valence-electron chi connectivity index (χ3n) is 2.28. The molecule has 18 heavy (non-hydrogen) atoms. The molecule has 0 fully saturated rings. The van der Waals surface area contributed by atoms with E-state index in [0.717, 1.165) is 11.3 Å². The molecule has 0 amide bonds. The van der Waals surface area contributed by atoms with Gasteiger partial charge in [0.25, 0.3) is 10.2 Å². The monoisotopic (exact) mass is 266 g/mol. The second kappa shape index (κ2) is 5.11. The quantitative estimate of drug-likeness (QED) is 0.655. The predicted octanol–water partition coefficient (Wildman–Crippen LogP) is 1.24. The number of rotatable bonds is 5. The molecule has 1 aromatic carbocycles. The number of aromatic nitrogens is 1. The lowest BCUT2D eigenvalue weighted by atomic mass is 10.2. The first-order chi connectivity index (χ1) is 8.53. The zero-order valence-electron chi connectivity index (χ0n) is 9.55. The number of H-pyrrole nitrogens is 1. The van der Waals surface area contributed by atoms with E-state index >= 15 is 0 Å². The van der Waals surface area contributed by atoms with Gasteiger partial charge in [-0.1, -0.05) is 6.07 Å². The molecule has 0 aliphatic heterocycles. The summed E-state index contributed by atoms with van der Waals surface area (Å²) in [6, 6.07) is 8.86. The summed E-state index contributed by atoms with van der Waals surface area (Å²) in [5.74, 6) is 0. The van der Waals surface area contributed by atoms with Crippen molar-refractivity contribution in [1.29, 1.82) is 0 Å². The molecule has 5 N–H and O–H groups in total. The van der Waals surface area contributed by atoms with Gasteiger partial charge in [-0.2, -0.15) is 8.42 Å². The maximum absolute atomic E-state index is 10.9. The summed E-state index contributed by atoms with van der Waals surface area (Å²) in [6.07, 6.45) is 3.73. The average molecular weight is 266 g/mol. The Balaban J connectivity index is 2.03. The molecule has 0 spiro atoms. The second-order valence-corrected chi connectivity index (χ2v) is 5.09. The van der Waals surface area contributed by atoms with Crippen LogP contribution in [0.1, 0.15) is 5.56 Å². The number of benzene rings is 1. The minimum Gasteiger partial charge on any atom is -0.381 e. The van der Waals surface area contributed by atoms with Crippen molar-refractivity contribution in [2.24, 2.45) is 5.14 Å². The van der Waals surface area contributed by atoms with Crippen LogP contribution < -0.4 is 15.2 Å². The molecule has 0 saturated heterocycles. The van der Waals surface area contributed by atoms with Gasteiger partial charge in [-0.05, 0) is 29.8 Å². The lowest BCUT2D eigenvalue weighted by Crippen LogP contribution is -2.21. The summed E-state index contributed by atoms with van der Waals surface area (Å²) < 4.78 is 24.0. The summed E-state index contributed by atoms with van der Waals surface area (Å²) in [5, 5.41) is 8.08. The van der Waals surface area contributed by atoms with E-state index in [-0.39, 0.29) is 0 Å². The highest BCUT2D eigenvalue weighted by molar-refractivity contribution is 7.90. The van der Waals surface area contributed by atoms with Crippen LogP contribution in [0.2, 0.25) is 0 Å². The smallest absolute Gasteiger partial charge is 0.296 e. The third-order valence-corrected chi connectivity index (χ3v) is 2.80. The highest BCUT2D eigenvalue weighted by Gasteiger charge is 2.02. The van der Waals surface area contributed by atoms with Crippen LogP contribution in [0.3, 0.4) is 0 Å². The van der Waals surface area contributed by atoms with Gasteiger partial charge < -0.3 is 10.3 Å². The van der Waals surface area contributed by atoms with Crippen molar-refractivity contribution < 1.29 is 8.42 Å². The van der Waals surface area contributed by atoms with Crippen molar-refractivity contribution in [2.45, 2.75) is 6.54 Å². The SMILES string of the molecule is NS(=O)(=O)Nc1cccc(NCc2cc[nH]c2)c1. The van der Waals surface area contributed by atoms with Crippen LogP contribution in [0.25, 0.3) is 0 Å². The maximum atomic E-state index is 10.9. The third kappa shape index (κ3) is 3.79. The molecule has 96 valence electrons. The largest absolute Gasteiger partial charge is 0.381 e. The summed E-state index contributed by atoms with van der Waals surface area (Å²) in [6.45, 7) is 0.655. The molecule has 1 heterocycles. The molecule has 0 saturated carbocycles. The molecule has 0 aliphatic carbocycles. The van der Waals surface area contributed by atoms with Crippen molar-refractivity contribution in [3.63, 3.8) is 0 Å². The van der Waals surface area contributed by atoms with E-state index in [1.165, 1.54) is 0 Å². The number of nitrogens with one attached hydrogen (secondary N) is 3. The summed E-state index contributed by atoms with van der Waals surface area (Å²) in [4.78, 5) is 2.96. The van der Waals surface area contributed by atoms with Gasteiger partial charge in [0.15, 0.2) is 0 Å². The van der Waals surface area contributed by atoms with Crippen LogP contribution >= 0.6 is 0 Å². The first-order valence-corrected chi connectivity index (χ1v) is 6.84. The first kappa shape index (κ1) is 12.5. The first-order valence-electron chi connectivity index (χ1n) is 5.29. The van der Waals surface area contributed by atoms with Crippen molar-refractivity contribution >= 4 is 21.6 Å². The normalized spacial score (nSPS) is 11.2. The lowest BCUT2D eigenvalue weighted by molar-refractivity contribution is 0.603. The Hall–Kier alpha value is -1.99. The zero-order valence-corrected chi connectivity index (χ0v) is 10.4. The van der Waals surface area contributed by atoms with E-state index in [1.807, 2.05) is 24.5 Å². The van der Waals surface area contributed by atoms with Crippen molar-refractivity contribution in [2.75, 3.05) is 10.0 Å². The van der Waals surface area contributed by atoms with Crippen LogP contribution in [0, 0.1) is 0 Å². The zero-order chi connectivity index (χ0) is 13.0. The second-order valence-electron chi connectivity index (χ2n) is 3.80. The molecule has 0 radical (unpaired) electrons. The summed E-state index contributed by atoms with van der Waals surface area (Å²) >= 11 is 0. The Bertz CT molecular complexity index is 608. The van der Waals surface area contributed by atoms with Gasteiger partial charge in [0, 0.05) is 24.6 Å². The van der Waals surface area contributed by atoms with E-state index in [9.17, 15) is 8.42 Å². The number of hydrogen-bond acceptors (Lipinski definition) is 3. The molecule has 1 aromatic heterocycles. The van der Waals surface area contributed by atoms with E-state index in [4.69, 9.17) is 5.14 Å². The van der Waals surface area contributed by atoms with Crippen molar-refractivity contribution in [3.8, 4) is 0 Å². The molecule has 7 heteroatoms. The lowest BCUT2D eigenvalue weighted by Gasteiger charge is -2.08. The van der Waals surface area contributed by atoms with Gasteiger partial charge in [-0.3, -0.25) is 4.72 Å². The van der Waals surface area contributed by atoms with Gasteiger partial charge in [0.2, 0.25) is 0 Å². The predicted molar refractivity (Wildman–Crippen MR) is 71.3 cm³/mol. The van der Waals surface area contributed by atoms with Crippen molar-refractivity contribution in [3.05, 3.63) is 48.3 Å². The minimum atomic E-state index is -3.73. The summed E-state index contributed by atoms with van der Waals surface area (Å²) in [7, 11) is -3.73. The Labute approximate surface area is 105 Å². The minimum absolute atomic E-state index is 0.427. The highest BCUT2D eigenvalue weighted by atomic mass is 32.2. The van der Waals surface area contributed by atoms with Crippen LogP contribution in [0.4, 0.5) is 11.4 Å². The fourth-order valence-electron chi connectivity index (χ4n) is 1.53. The fraction of sp³-hybridized carbons (Fsp3) is 0.0909. The number of nitrogens with two attached hydrogens (primary N) is 1. The molecular weight excluding hydrogens is 252 g/mol. The van der Waals surface area contributed by atoms with Crippen LogP contribution in [0.5, 0.6) is 0 Å². The van der Waals surface area contributed by atoms with Gasteiger partial charge in [0.1, 0.15) is 0 Å².